The Morgan fingerprint density at radius 3 is 2.74 bits per heavy atom. The Morgan fingerprint density at radius 2 is 2.04 bits per heavy atom. The van der Waals surface area contributed by atoms with Crippen molar-refractivity contribution in [2.75, 3.05) is 32.7 Å². The smallest absolute Gasteiger partial charge is 0.253 e. The minimum Gasteiger partial charge on any atom is -0.356 e. The predicted molar refractivity (Wildman–Crippen MR) is 111 cm³/mol. The van der Waals surface area contributed by atoms with Crippen molar-refractivity contribution in [1.82, 2.24) is 15.5 Å². The van der Waals surface area contributed by atoms with Crippen molar-refractivity contribution in [3.63, 3.8) is 0 Å². The van der Waals surface area contributed by atoms with E-state index in [2.05, 4.69) is 10.6 Å². The highest BCUT2D eigenvalue weighted by molar-refractivity contribution is 6.42. The fourth-order valence-electron chi connectivity index (χ4n) is 3.69. The molecule has 2 aliphatic heterocycles. The number of carbonyl (C=O) groups excluding carboxylic acids is 2. The van der Waals surface area contributed by atoms with Crippen LogP contribution in [-0.2, 0) is 4.79 Å². The number of likely N-dealkylation sites (tertiary alicyclic amines) is 1. The summed E-state index contributed by atoms with van der Waals surface area (Å²) in [5.41, 5.74) is 0.509. The van der Waals surface area contributed by atoms with E-state index >= 15 is 0 Å². The highest BCUT2D eigenvalue weighted by atomic mass is 35.5. The highest BCUT2D eigenvalue weighted by Gasteiger charge is 2.29. The molecule has 2 N–H and O–H groups in total. The molecule has 2 unspecified atom stereocenters. The molecule has 2 heterocycles. The van der Waals surface area contributed by atoms with E-state index in [9.17, 15) is 9.59 Å². The molecule has 0 bridgehead atoms. The number of hydrogen-bond acceptors (Lipinski definition) is 3. The van der Waals surface area contributed by atoms with E-state index in [0.717, 1.165) is 32.4 Å². The molecule has 2 atom stereocenters. The summed E-state index contributed by atoms with van der Waals surface area (Å²) in [4.78, 5) is 26.9. The SMILES string of the molecule is Cl.O=C(NCCC1CCNC1)C1CCCN(C(=O)c2ccc(Cl)c(Cl)c2)C1. The lowest BCUT2D eigenvalue weighted by Crippen LogP contribution is -2.45. The van der Waals surface area contributed by atoms with Crippen molar-refractivity contribution >= 4 is 47.4 Å². The highest BCUT2D eigenvalue weighted by Crippen LogP contribution is 2.25. The normalized spacial score (nSPS) is 22.2. The molecule has 5 nitrogen and oxygen atoms in total. The molecule has 8 heteroatoms. The van der Waals surface area contributed by atoms with Gasteiger partial charge in [-0.25, -0.2) is 0 Å². The Morgan fingerprint density at radius 1 is 1.22 bits per heavy atom. The average Bonchev–Trinajstić information content (AvgIpc) is 3.17. The van der Waals surface area contributed by atoms with Crippen molar-refractivity contribution in [3.8, 4) is 0 Å². The molecule has 0 spiro atoms. The van der Waals surface area contributed by atoms with Crippen LogP contribution in [0.1, 0.15) is 36.0 Å². The Bertz CT molecular complexity index is 666. The van der Waals surface area contributed by atoms with E-state index in [4.69, 9.17) is 23.2 Å². The van der Waals surface area contributed by atoms with Crippen molar-refractivity contribution < 1.29 is 9.59 Å². The number of piperidine rings is 1. The molecule has 27 heavy (non-hydrogen) atoms. The van der Waals surface area contributed by atoms with Crippen LogP contribution in [0.3, 0.4) is 0 Å². The molecule has 2 saturated heterocycles. The fourth-order valence-corrected chi connectivity index (χ4v) is 3.99. The zero-order valence-electron chi connectivity index (χ0n) is 15.2. The van der Waals surface area contributed by atoms with Gasteiger partial charge in [0.2, 0.25) is 5.91 Å². The first kappa shape index (κ1) is 22.3. The van der Waals surface area contributed by atoms with E-state index in [-0.39, 0.29) is 30.1 Å². The Balaban J connectivity index is 0.00000261. The van der Waals surface area contributed by atoms with Crippen LogP contribution in [0.25, 0.3) is 0 Å². The quantitative estimate of drug-likeness (QED) is 0.747. The van der Waals surface area contributed by atoms with Gasteiger partial charge in [-0.1, -0.05) is 23.2 Å². The van der Waals surface area contributed by atoms with Crippen LogP contribution in [0.5, 0.6) is 0 Å². The Hall–Kier alpha value is -1.01. The van der Waals surface area contributed by atoms with Crippen LogP contribution in [0.15, 0.2) is 18.2 Å². The molecule has 0 radical (unpaired) electrons. The van der Waals surface area contributed by atoms with Gasteiger partial charge >= 0.3 is 0 Å². The van der Waals surface area contributed by atoms with Crippen molar-refractivity contribution in [1.29, 1.82) is 0 Å². The molecule has 3 rings (SSSR count). The van der Waals surface area contributed by atoms with Gasteiger partial charge < -0.3 is 15.5 Å². The maximum absolute atomic E-state index is 12.7. The maximum atomic E-state index is 12.7. The third kappa shape index (κ3) is 5.98. The Labute approximate surface area is 176 Å². The van der Waals surface area contributed by atoms with Gasteiger partial charge in [-0.2, -0.15) is 0 Å². The number of benzene rings is 1. The minimum absolute atomic E-state index is 0. The number of nitrogens with one attached hydrogen (secondary N) is 2. The summed E-state index contributed by atoms with van der Waals surface area (Å²) in [6.45, 7) is 3.95. The van der Waals surface area contributed by atoms with Crippen LogP contribution in [-0.4, -0.2) is 49.4 Å². The molecule has 1 aromatic rings. The van der Waals surface area contributed by atoms with E-state index < -0.39 is 0 Å². The molecule has 2 aliphatic rings. The minimum atomic E-state index is -0.142. The first-order valence-corrected chi connectivity index (χ1v) is 10.0. The largest absolute Gasteiger partial charge is 0.356 e. The summed E-state index contributed by atoms with van der Waals surface area (Å²) in [6.07, 6.45) is 3.85. The molecule has 1 aromatic carbocycles. The summed E-state index contributed by atoms with van der Waals surface area (Å²) in [7, 11) is 0. The first-order chi connectivity index (χ1) is 12.5. The van der Waals surface area contributed by atoms with E-state index in [0.29, 0.717) is 41.2 Å². The number of rotatable bonds is 5. The van der Waals surface area contributed by atoms with Gasteiger partial charge in [0.25, 0.3) is 5.91 Å². The molecule has 0 aliphatic carbocycles. The molecular weight excluding hydrogens is 409 g/mol. The molecule has 0 saturated carbocycles. The van der Waals surface area contributed by atoms with E-state index in [1.165, 1.54) is 6.42 Å². The van der Waals surface area contributed by atoms with Gasteiger partial charge in [0, 0.05) is 25.2 Å². The van der Waals surface area contributed by atoms with Gasteiger partial charge in [-0.15, -0.1) is 12.4 Å². The van der Waals surface area contributed by atoms with Crippen LogP contribution in [0.2, 0.25) is 10.0 Å². The first-order valence-electron chi connectivity index (χ1n) is 9.27. The molecule has 2 amide bonds. The lowest BCUT2D eigenvalue weighted by atomic mass is 9.96. The van der Waals surface area contributed by atoms with E-state index in [1.807, 2.05) is 0 Å². The number of nitrogens with zero attached hydrogens (tertiary/aromatic N) is 1. The molecule has 150 valence electrons. The summed E-state index contributed by atoms with van der Waals surface area (Å²) in [5.74, 6) is 0.479. The number of halogens is 3. The van der Waals surface area contributed by atoms with Crippen molar-refractivity contribution in [2.45, 2.75) is 25.7 Å². The van der Waals surface area contributed by atoms with Crippen molar-refractivity contribution in [2.24, 2.45) is 11.8 Å². The van der Waals surface area contributed by atoms with Gasteiger partial charge in [0.05, 0.1) is 16.0 Å². The van der Waals surface area contributed by atoms with Gasteiger partial charge in [0.15, 0.2) is 0 Å². The fraction of sp³-hybridized carbons (Fsp3) is 0.579. The summed E-state index contributed by atoms with van der Waals surface area (Å²) in [5, 5.41) is 7.19. The average molecular weight is 435 g/mol. The second-order valence-electron chi connectivity index (χ2n) is 7.16. The standard InChI is InChI=1S/C19H25Cl2N3O2.ClH/c20-16-4-3-14(10-17(16)21)19(26)24-9-1-2-15(12-24)18(25)23-8-6-13-5-7-22-11-13;/h3-4,10,13,15,22H,1-2,5-9,11-12H2,(H,23,25);1H. The zero-order valence-corrected chi connectivity index (χ0v) is 17.5. The van der Waals surface area contributed by atoms with Gasteiger partial charge in [-0.3, -0.25) is 9.59 Å². The topological polar surface area (TPSA) is 61.4 Å². The van der Waals surface area contributed by atoms with Crippen molar-refractivity contribution in [3.05, 3.63) is 33.8 Å². The third-order valence-electron chi connectivity index (χ3n) is 5.26. The number of amides is 2. The molecule has 0 aromatic heterocycles. The van der Waals surface area contributed by atoms with Crippen LogP contribution in [0, 0.1) is 11.8 Å². The number of carbonyl (C=O) groups is 2. The van der Waals surface area contributed by atoms with Gasteiger partial charge in [-0.05, 0) is 62.9 Å². The third-order valence-corrected chi connectivity index (χ3v) is 6.00. The van der Waals surface area contributed by atoms with Crippen LogP contribution in [0.4, 0.5) is 0 Å². The Kier molecular flexibility index (Phi) is 8.67. The second-order valence-corrected chi connectivity index (χ2v) is 7.97. The lowest BCUT2D eigenvalue weighted by Gasteiger charge is -2.32. The van der Waals surface area contributed by atoms with Crippen LogP contribution < -0.4 is 10.6 Å². The summed E-state index contributed by atoms with van der Waals surface area (Å²) in [6, 6.07) is 4.89. The monoisotopic (exact) mass is 433 g/mol. The lowest BCUT2D eigenvalue weighted by molar-refractivity contribution is -0.126. The summed E-state index contributed by atoms with van der Waals surface area (Å²) < 4.78 is 0. The number of hydrogen-bond donors (Lipinski definition) is 2. The van der Waals surface area contributed by atoms with Gasteiger partial charge in [0.1, 0.15) is 0 Å². The maximum Gasteiger partial charge on any atom is 0.253 e. The molecule has 2 fully saturated rings. The van der Waals surface area contributed by atoms with E-state index in [1.54, 1.807) is 23.1 Å². The molecular formula is C19H26Cl3N3O2. The zero-order chi connectivity index (χ0) is 18.5. The van der Waals surface area contributed by atoms with Crippen LogP contribution >= 0.6 is 35.6 Å². The summed E-state index contributed by atoms with van der Waals surface area (Å²) >= 11 is 11.9. The predicted octanol–water partition coefficient (Wildman–Crippen LogP) is 3.38. The second kappa shape index (κ2) is 10.5.